The highest BCUT2D eigenvalue weighted by Crippen LogP contribution is 2.38. The molecule has 1 atom stereocenters. The Labute approximate surface area is 137 Å². The first-order valence-corrected chi connectivity index (χ1v) is 8.00. The van der Waals surface area contributed by atoms with Crippen molar-refractivity contribution in [3.63, 3.8) is 0 Å². The third kappa shape index (κ3) is 3.42. The zero-order chi connectivity index (χ0) is 17.5. The lowest BCUT2D eigenvalue weighted by Crippen LogP contribution is -2.22. The van der Waals surface area contributed by atoms with E-state index in [4.69, 9.17) is 4.52 Å². The molecule has 0 aliphatic heterocycles. The quantitative estimate of drug-likeness (QED) is 0.853. The Bertz CT molecular complexity index is 739. The van der Waals surface area contributed by atoms with Gasteiger partial charge in [0.15, 0.2) is 11.5 Å². The number of nitrogens with zero attached hydrogens (tertiary/aromatic N) is 4. The van der Waals surface area contributed by atoms with E-state index < -0.39 is 11.9 Å². The lowest BCUT2D eigenvalue weighted by atomic mass is 9.85. The molecule has 0 saturated carbocycles. The summed E-state index contributed by atoms with van der Waals surface area (Å²) in [6.07, 6.45) is -2.54. The van der Waals surface area contributed by atoms with Gasteiger partial charge >= 0.3 is 6.18 Å². The van der Waals surface area contributed by atoms with Crippen LogP contribution >= 0.6 is 0 Å². The molecule has 0 fully saturated rings. The van der Waals surface area contributed by atoms with Crippen LogP contribution in [0, 0.1) is 12.8 Å². The van der Waals surface area contributed by atoms with E-state index in [9.17, 15) is 13.2 Å². The molecule has 2 aromatic heterocycles. The minimum atomic E-state index is -4.49. The van der Waals surface area contributed by atoms with Crippen LogP contribution in [0.15, 0.2) is 4.52 Å². The highest BCUT2D eigenvalue weighted by molar-refractivity contribution is 5.32. The van der Waals surface area contributed by atoms with Gasteiger partial charge in [-0.2, -0.15) is 18.2 Å². The summed E-state index contributed by atoms with van der Waals surface area (Å²) in [5.41, 5.74) is -0.197. The number of hydrogen-bond acceptors (Lipinski definition) is 5. The minimum Gasteiger partial charge on any atom is -0.339 e. The maximum atomic E-state index is 13.3. The van der Waals surface area contributed by atoms with Gasteiger partial charge < -0.3 is 4.52 Å². The van der Waals surface area contributed by atoms with Crippen LogP contribution < -0.4 is 0 Å². The Kier molecular flexibility index (Phi) is 4.31. The summed E-state index contributed by atoms with van der Waals surface area (Å²) in [6.45, 7) is 5.57. The molecule has 1 aliphatic rings. The molecule has 130 valence electrons. The summed E-state index contributed by atoms with van der Waals surface area (Å²) >= 11 is 0. The van der Waals surface area contributed by atoms with E-state index in [1.54, 1.807) is 0 Å². The van der Waals surface area contributed by atoms with Crippen LogP contribution in [0.5, 0.6) is 0 Å². The fraction of sp³-hybridized carbons (Fsp3) is 0.625. The van der Waals surface area contributed by atoms with Gasteiger partial charge in [0.2, 0.25) is 5.89 Å². The molecule has 5 nitrogen and oxygen atoms in total. The fourth-order valence-corrected chi connectivity index (χ4v) is 3.06. The number of aromatic nitrogens is 4. The third-order valence-corrected chi connectivity index (χ3v) is 4.08. The smallest absolute Gasteiger partial charge is 0.339 e. The van der Waals surface area contributed by atoms with Gasteiger partial charge in [-0.15, -0.1) is 0 Å². The van der Waals surface area contributed by atoms with Crippen LogP contribution in [0.3, 0.4) is 0 Å². The first-order chi connectivity index (χ1) is 11.2. The summed E-state index contributed by atoms with van der Waals surface area (Å²) in [7, 11) is 0. The van der Waals surface area contributed by atoms with E-state index >= 15 is 0 Å². The van der Waals surface area contributed by atoms with Gasteiger partial charge in [-0.1, -0.05) is 19.0 Å². The average Bonchev–Trinajstić information content (AvgIpc) is 2.92. The molecule has 8 heteroatoms. The molecule has 2 heterocycles. The molecule has 2 aromatic rings. The molecular weight excluding hydrogens is 321 g/mol. The van der Waals surface area contributed by atoms with Gasteiger partial charge in [0, 0.05) is 23.6 Å². The summed E-state index contributed by atoms with van der Waals surface area (Å²) < 4.78 is 45.2. The highest BCUT2D eigenvalue weighted by atomic mass is 19.4. The predicted molar refractivity (Wildman–Crippen MR) is 79.4 cm³/mol. The van der Waals surface area contributed by atoms with Crippen molar-refractivity contribution < 1.29 is 17.7 Å². The van der Waals surface area contributed by atoms with Crippen LogP contribution in [-0.4, -0.2) is 20.1 Å². The zero-order valence-corrected chi connectivity index (χ0v) is 13.8. The largest absolute Gasteiger partial charge is 0.433 e. The second-order valence-electron chi connectivity index (χ2n) is 6.63. The van der Waals surface area contributed by atoms with Gasteiger partial charge in [0.05, 0.1) is 0 Å². The average molecular weight is 340 g/mol. The standard InChI is InChI=1S/C16H19F3N4O/c1-8(2)6-13-22-15(24-23-13)10-4-5-12-11(7-10)14(16(17,18)19)21-9(3)20-12/h8,10H,4-7H2,1-3H3/t10-/m0/s1. The van der Waals surface area contributed by atoms with Crippen LogP contribution in [0.2, 0.25) is 0 Å². The lowest BCUT2D eigenvalue weighted by molar-refractivity contribution is -0.142. The first-order valence-electron chi connectivity index (χ1n) is 8.00. The van der Waals surface area contributed by atoms with Gasteiger partial charge in [-0.05, 0) is 32.1 Å². The molecule has 24 heavy (non-hydrogen) atoms. The van der Waals surface area contributed by atoms with Crippen molar-refractivity contribution in [2.24, 2.45) is 5.92 Å². The van der Waals surface area contributed by atoms with Gasteiger partial charge in [-0.25, -0.2) is 9.97 Å². The molecular formula is C16H19F3N4O. The summed E-state index contributed by atoms with van der Waals surface area (Å²) in [4.78, 5) is 12.2. The molecule has 0 unspecified atom stereocenters. The van der Waals surface area contributed by atoms with Crippen LogP contribution in [0.4, 0.5) is 13.2 Å². The van der Waals surface area contributed by atoms with Gasteiger partial charge in [0.1, 0.15) is 5.82 Å². The van der Waals surface area contributed by atoms with Crippen LogP contribution in [0.1, 0.15) is 60.7 Å². The van der Waals surface area contributed by atoms with Crippen molar-refractivity contribution in [3.05, 3.63) is 34.5 Å². The monoisotopic (exact) mass is 340 g/mol. The first kappa shape index (κ1) is 16.9. The molecule has 0 saturated heterocycles. The number of rotatable bonds is 3. The van der Waals surface area contributed by atoms with Crippen LogP contribution in [-0.2, 0) is 25.4 Å². The van der Waals surface area contributed by atoms with Crippen molar-refractivity contribution in [1.82, 2.24) is 20.1 Å². The van der Waals surface area contributed by atoms with Crippen molar-refractivity contribution in [2.45, 2.75) is 58.5 Å². The van der Waals surface area contributed by atoms with E-state index in [1.807, 2.05) is 13.8 Å². The molecule has 0 spiro atoms. The van der Waals surface area contributed by atoms with E-state index in [-0.39, 0.29) is 23.7 Å². The van der Waals surface area contributed by atoms with Crippen molar-refractivity contribution >= 4 is 0 Å². The highest BCUT2D eigenvalue weighted by Gasteiger charge is 2.39. The molecule has 0 radical (unpaired) electrons. The maximum absolute atomic E-state index is 13.3. The Morgan fingerprint density at radius 2 is 1.96 bits per heavy atom. The van der Waals surface area contributed by atoms with E-state index in [2.05, 4.69) is 20.1 Å². The zero-order valence-electron chi connectivity index (χ0n) is 13.8. The number of fused-ring (bicyclic) bond motifs is 1. The normalized spacial score (nSPS) is 18.0. The number of aryl methyl sites for hydroxylation is 2. The van der Waals surface area contributed by atoms with E-state index in [0.29, 0.717) is 42.6 Å². The van der Waals surface area contributed by atoms with Crippen molar-refractivity contribution in [2.75, 3.05) is 0 Å². The second kappa shape index (κ2) is 6.14. The molecule has 0 amide bonds. The van der Waals surface area contributed by atoms with Gasteiger partial charge in [-0.3, -0.25) is 0 Å². The Balaban J connectivity index is 1.90. The lowest BCUT2D eigenvalue weighted by Gasteiger charge is -2.24. The van der Waals surface area contributed by atoms with Crippen LogP contribution in [0.25, 0.3) is 0 Å². The Morgan fingerprint density at radius 3 is 2.62 bits per heavy atom. The molecule has 3 rings (SSSR count). The molecule has 0 aromatic carbocycles. The Hall–Kier alpha value is -1.99. The summed E-state index contributed by atoms with van der Waals surface area (Å²) in [5, 5.41) is 3.93. The molecule has 0 bridgehead atoms. The van der Waals surface area contributed by atoms with E-state index in [0.717, 1.165) is 0 Å². The molecule has 0 N–H and O–H groups in total. The topological polar surface area (TPSA) is 64.7 Å². The third-order valence-electron chi connectivity index (χ3n) is 4.08. The molecule has 1 aliphatic carbocycles. The van der Waals surface area contributed by atoms with E-state index in [1.165, 1.54) is 6.92 Å². The van der Waals surface area contributed by atoms with Gasteiger partial charge in [0.25, 0.3) is 0 Å². The minimum absolute atomic E-state index is 0.150. The summed E-state index contributed by atoms with van der Waals surface area (Å²) in [5.74, 6) is 1.32. The Morgan fingerprint density at radius 1 is 1.21 bits per heavy atom. The summed E-state index contributed by atoms with van der Waals surface area (Å²) in [6, 6.07) is 0. The van der Waals surface area contributed by atoms with Crippen molar-refractivity contribution in [1.29, 1.82) is 0 Å². The number of hydrogen-bond donors (Lipinski definition) is 0. The SMILES string of the molecule is Cc1nc2c(c(C(F)(F)F)n1)C[C@@H](c1nc(CC(C)C)no1)CC2. The number of alkyl halides is 3. The van der Waals surface area contributed by atoms with Crippen molar-refractivity contribution in [3.8, 4) is 0 Å². The number of halogens is 3. The maximum Gasteiger partial charge on any atom is 0.433 e. The predicted octanol–water partition coefficient (Wildman–Crippen LogP) is 3.66. The fourth-order valence-electron chi connectivity index (χ4n) is 3.06. The second-order valence-corrected chi connectivity index (χ2v) is 6.63.